The highest BCUT2D eigenvalue weighted by Crippen LogP contribution is 2.19. The number of amides is 1. The molecule has 0 fully saturated rings. The number of aromatic nitrogens is 2. The van der Waals surface area contributed by atoms with E-state index >= 15 is 0 Å². The fourth-order valence-electron chi connectivity index (χ4n) is 1.92. The Morgan fingerprint density at radius 2 is 2.05 bits per heavy atom. The van der Waals surface area contributed by atoms with E-state index in [1.54, 1.807) is 4.90 Å². The number of primary sulfonamides is 1. The van der Waals surface area contributed by atoms with E-state index in [1.807, 2.05) is 20.8 Å². The molecule has 8 heteroatoms. The lowest BCUT2D eigenvalue weighted by Crippen LogP contribution is -2.39. The Balaban J connectivity index is 3.28. The smallest absolute Gasteiger partial charge is 0.276 e. The van der Waals surface area contributed by atoms with Gasteiger partial charge in [-0.2, -0.15) is 5.10 Å². The molecule has 0 aromatic carbocycles. The number of aromatic amines is 1. The van der Waals surface area contributed by atoms with Crippen LogP contribution in [0.4, 0.5) is 0 Å². The van der Waals surface area contributed by atoms with E-state index in [-0.39, 0.29) is 22.3 Å². The Morgan fingerprint density at radius 1 is 1.47 bits per heavy atom. The summed E-state index contributed by atoms with van der Waals surface area (Å²) >= 11 is 0. The average Bonchev–Trinajstić information content (AvgIpc) is 2.71. The molecule has 1 unspecified atom stereocenters. The van der Waals surface area contributed by atoms with Crippen LogP contribution in [-0.2, 0) is 10.0 Å². The van der Waals surface area contributed by atoms with Crippen LogP contribution < -0.4 is 5.14 Å². The first-order chi connectivity index (χ1) is 8.73. The minimum Gasteiger partial charge on any atom is -0.335 e. The summed E-state index contributed by atoms with van der Waals surface area (Å²) in [6, 6.07) is 0.00262. The van der Waals surface area contributed by atoms with Gasteiger partial charge >= 0.3 is 0 Å². The summed E-state index contributed by atoms with van der Waals surface area (Å²) in [6.07, 6.45) is 0.772. The maximum Gasteiger partial charge on any atom is 0.276 e. The van der Waals surface area contributed by atoms with Crippen molar-refractivity contribution >= 4 is 15.9 Å². The molecule has 7 nitrogen and oxygen atoms in total. The summed E-state index contributed by atoms with van der Waals surface area (Å²) < 4.78 is 23.1. The molecule has 1 aromatic heterocycles. The third-order valence-electron chi connectivity index (χ3n) is 3.10. The van der Waals surface area contributed by atoms with Crippen LogP contribution in [0, 0.1) is 6.92 Å². The Bertz CT molecular complexity index is 564. The highest BCUT2D eigenvalue weighted by atomic mass is 32.2. The number of H-pyrrole nitrogens is 1. The van der Waals surface area contributed by atoms with Crippen molar-refractivity contribution in [2.75, 3.05) is 6.54 Å². The second-order valence-corrected chi connectivity index (χ2v) is 5.92. The fourth-order valence-corrected chi connectivity index (χ4v) is 2.80. The van der Waals surface area contributed by atoms with Crippen LogP contribution in [0.2, 0.25) is 0 Å². The fraction of sp³-hybridized carbons (Fsp3) is 0.636. The quantitative estimate of drug-likeness (QED) is 0.827. The average molecular weight is 288 g/mol. The lowest BCUT2D eigenvalue weighted by Gasteiger charge is -2.26. The molecule has 0 aliphatic rings. The number of sulfonamides is 1. The molecule has 0 saturated heterocycles. The SMILES string of the molecule is CCC(C)N(CC)C(=O)c1n[nH]c(C)c1S(N)(=O)=O. The van der Waals surface area contributed by atoms with Crippen molar-refractivity contribution < 1.29 is 13.2 Å². The Hall–Kier alpha value is -1.41. The minimum atomic E-state index is -3.98. The number of rotatable bonds is 5. The molecule has 0 aliphatic heterocycles. The molecule has 0 bridgehead atoms. The minimum absolute atomic E-state index is 0.00262. The maximum atomic E-state index is 12.4. The molecule has 1 amide bonds. The predicted octanol–water partition coefficient (Wildman–Crippen LogP) is 0.626. The Labute approximate surface area is 113 Å². The number of nitrogens with two attached hydrogens (primary N) is 1. The van der Waals surface area contributed by atoms with Gasteiger partial charge in [0.05, 0.1) is 5.69 Å². The van der Waals surface area contributed by atoms with E-state index in [4.69, 9.17) is 5.14 Å². The van der Waals surface area contributed by atoms with Gasteiger partial charge in [-0.1, -0.05) is 6.92 Å². The zero-order valence-corrected chi connectivity index (χ0v) is 12.4. The molecule has 0 saturated carbocycles. The van der Waals surface area contributed by atoms with Crippen molar-refractivity contribution in [3.05, 3.63) is 11.4 Å². The van der Waals surface area contributed by atoms with Gasteiger partial charge in [-0.15, -0.1) is 0 Å². The van der Waals surface area contributed by atoms with E-state index in [0.717, 1.165) is 6.42 Å². The van der Waals surface area contributed by atoms with Crippen LogP contribution in [-0.4, -0.2) is 42.0 Å². The van der Waals surface area contributed by atoms with Crippen LogP contribution in [0.3, 0.4) is 0 Å². The lowest BCUT2D eigenvalue weighted by molar-refractivity contribution is 0.0690. The van der Waals surface area contributed by atoms with Gasteiger partial charge in [0, 0.05) is 12.6 Å². The molecule has 1 heterocycles. The van der Waals surface area contributed by atoms with Crippen molar-refractivity contribution in [3.8, 4) is 0 Å². The summed E-state index contributed by atoms with van der Waals surface area (Å²) in [7, 11) is -3.98. The number of nitrogens with zero attached hydrogens (tertiary/aromatic N) is 2. The summed E-state index contributed by atoms with van der Waals surface area (Å²) in [4.78, 5) is 13.7. The summed E-state index contributed by atoms with van der Waals surface area (Å²) in [6.45, 7) is 7.68. The number of aryl methyl sites for hydroxylation is 1. The number of carbonyl (C=O) groups excluding carboxylic acids is 1. The summed E-state index contributed by atoms with van der Waals surface area (Å²) in [5.41, 5.74) is 0.133. The van der Waals surface area contributed by atoms with Crippen LogP contribution in [0.15, 0.2) is 4.90 Å². The molecule has 0 radical (unpaired) electrons. The van der Waals surface area contributed by atoms with Gasteiger partial charge in [0.25, 0.3) is 5.91 Å². The third-order valence-corrected chi connectivity index (χ3v) is 4.17. The maximum absolute atomic E-state index is 12.4. The Kier molecular flexibility index (Phi) is 4.70. The first-order valence-electron chi connectivity index (χ1n) is 6.12. The zero-order valence-electron chi connectivity index (χ0n) is 11.6. The second-order valence-electron chi connectivity index (χ2n) is 4.42. The van der Waals surface area contributed by atoms with Gasteiger partial charge in [-0.25, -0.2) is 13.6 Å². The first-order valence-corrected chi connectivity index (χ1v) is 7.67. The first kappa shape index (κ1) is 15.6. The van der Waals surface area contributed by atoms with Gasteiger partial charge < -0.3 is 4.90 Å². The van der Waals surface area contributed by atoms with Gasteiger partial charge in [0.15, 0.2) is 5.69 Å². The van der Waals surface area contributed by atoms with E-state index < -0.39 is 15.9 Å². The number of nitrogens with one attached hydrogen (secondary N) is 1. The standard InChI is InChI=1S/C11H20N4O3S/c1-5-7(3)15(6-2)11(16)9-10(19(12,17)18)8(4)13-14-9/h7H,5-6H2,1-4H3,(H,13,14)(H2,12,17,18). The number of hydrogen-bond donors (Lipinski definition) is 2. The summed E-state index contributed by atoms with van der Waals surface area (Å²) in [5, 5.41) is 11.4. The molecule has 108 valence electrons. The Morgan fingerprint density at radius 3 is 2.47 bits per heavy atom. The van der Waals surface area contributed by atoms with Crippen LogP contribution in [0.1, 0.15) is 43.4 Å². The van der Waals surface area contributed by atoms with E-state index in [0.29, 0.717) is 6.54 Å². The van der Waals surface area contributed by atoms with Gasteiger partial charge in [-0.05, 0) is 27.2 Å². The summed E-state index contributed by atoms with van der Waals surface area (Å²) in [5.74, 6) is -0.426. The molecule has 1 rings (SSSR count). The highest BCUT2D eigenvalue weighted by Gasteiger charge is 2.29. The monoisotopic (exact) mass is 288 g/mol. The molecule has 1 atom stereocenters. The molecule has 19 heavy (non-hydrogen) atoms. The van der Waals surface area contributed by atoms with Crippen molar-refractivity contribution in [2.45, 2.75) is 45.1 Å². The van der Waals surface area contributed by atoms with Gasteiger partial charge in [-0.3, -0.25) is 9.89 Å². The van der Waals surface area contributed by atoms with Crippen LogP contribution in [0.25, 0.3) is 0 Å². The predicted molar refractivity (Wildman–Crippen MR) is 71.2 cm³/mol. The number of carbonyl (C=O) groups is 1. The van der Waals surface area contributed by atoms with Crippen LogP contribution in [0.5, 0.6) is 0 Å². The van der Waals surface area contributed by atoms with Gasteiger partial charge in [0.2, 0.25) is 10.0 Å². The van der Waals surface area contributed by atoms with Crippen molar-refractivity contribution in [1.82, 2.24) is 15.1 Å². The molecule has 3 N–H and O–H groups in total. The van der Waals surface area contributed by atoms with Gasteiger partial charge in [0.1, 0.15) is 4.90 Å². The van der Waals surface area contributed by atoms with E-state index in [9.17, 15) is 13.2 Å². The third kappa shape index (κ3) is 3.13. The van der Waals surface area contributed by atoms with Crippen molar-refractivity contribution in [2.24, 2.45) is 5.14 Å². The molecule has 1 aromatic rings. The van der Waals surface area contributed by atoms with E-state index in [1.165, 1.54) is 6.92 Å². The van der Waals surface area contributed by atoms with E-state index in [2.05, 4.69) is 10.2 Å². The zero-order chi connectivity index (χ0) is 14.8. The highest BCUT2D eigenvalue weighted by molar-refractivity contribution is 7.89. The largest absolute Gasteiger partial charge is 0.335 e. The molecular formula is C11H20N4O3S. The van der Waals surface area contributed by atoms with Crippen molar-refractivity contribution in [1.29, 1.82) is 0 Å². The topological polar surface area (TPSA) is 109 Å². The van der Waals surface area contributed by atoms with Crippen LogP contribution >= 0.6 is 0 Å². The number of hydrogen-bond acceptors (Lipinski definition) is 4. The lowest BCUT2D eigenvalue weighted by atomic mass is 10.2. The normalized spacial score (nSPS) is 13.3. The molecule has 0 spiro atoms. The molecular weight excluding hydrogens is 268 g/mol. The van der Waals surface area contributed by atoms with Crippen molar-refractivity contribution in [3.63, 3.8) is 0 Å². The second kappa shape index (κ2) is 5.70. The molecule has 0 aliphatic carbocycles.